The summed E-state index contributed by atoms with van der Waals surface area (Å²) in [7, 11) is -0.343. The van der Waals surface area contributed by atoms with Gasteiger partial charge in [0.2, 0.25) is 0 Å². The van der Waals surface area contributed by atoms with Gasteiger partial charge in [0.1, 0.15) is 0 Å². The zero-order chi connectivity index (χ0) is 51.2. The van der Waals surface area contributed by atoms with E-state index in [0.717, 1.165) is 109 Å². The third-order valence-corrected chi connectivity index (χ3v) is 21.4. The van der Waals surface area contributed by atoms with E-state index in [9.17, 15) is 9.59 Å². The van der Waals surface area contributed by atoms with Crippen molar-refractivity contribution in [2.75, 3.05) is 46.6 Å². The minimum atomic E-state index is -2.61. The van der Waals surface area contributed by atoms with Gasteiger partial charge in [-0.1, -0.05) is 261 Å². The molecule has 2 aromatic rings. The first-order chi connectivity index (χ1) is 35.2. The van der Waals surface area contributed by atoms with Gasteiger partial charge < -0.3 is 23.5 Å². The molecular formula is C64H109NO6Si. The summed E-state index contributed by atoms with van der Waals surface area (Å²) in [6.07, 6.45) is 43.7. The second-order valence-electron chi connectivity index (χ2n) is 23.3. The number of rotatable bonds is 24. The van der Waals surface area contributed by atoms with Crippen LogP contribution in [0.3, 0.4) is 0 Å². The lowest BCUT2D eigenvalue weighted by molar-refractivity contribution is -0.150. The van der Waals surface area contributed by atoms with Crippen LogP contribution in [-0.2, 0) is 28.2 Å². The number of carbonyl (C=O) groups is 2. The second kappa shape index (κ2) is 38.9. The van der Waals surface area contributed by atoms with Gasteiger partial charge in [0.05, 0.1) is 44.9 Å². The molecule has 2 aliphatic rings. The minimum Gasteiger partial charge on any atom is -0.465 e. The Morgan fingerprint density at radius 2 is 0.819 bits per heavy atom. The number of unbranched alkanes of at least 4 members (excludes halogenated alkanes) is 4. The monoisotopic (exact) mass is 1020 g/mol. The molecule has 4 rings (SSSR count). The molecule has 2 aromatic carbocycles. The molecule has 2 aliphatic carbocycles. The lowest BCUT2D eigenvalue weighted by Crippen LogP contribution is -2.66. The van der Waals surface area contributed by atoms with Crippen LogP contribution in [0.4, 0.5) is 0 Å². The number of hydrogen-bond acceptors (Lipinski definition) is 7. The number of esters is 2. The largest absolute Gasteiger partial charge is 0.465 e. The van der Waals surface area contributed by atoms with Crippen LogP contribution < -0.4 is 10.4 Å². The standard InChI is InChI=1S/C64H109NO6Si/c1-64(2,3)72(60-47-35-25-36-48-60,61-49-37-26-38-50-61)71-56-55-68-54-51-65(4)59(45-33-27-39-52-69-62(66)57-41-29-21-17-13-9-5-6-10-14-18-22-30-42-57)46-34-28-40-53-70-63(67)58-43-31-23-19-15-11-7-8-12-16-20-24-32-44-58/h25-26,35-38,47-50,57-59H,5-24,27-34,39-46,51-56H2,1-4H3. The highest BCUT2D eigenvalue weighted by Crippen LogP contribution is 2.37. The van der Waals surface area contributed by atoms with Crippen molar-refractivity contribution in [1.82, 2.24) is 4.90 Å². The van der Waals surface area contributed by atoms with Gasteiger partial charge in [-0.25, -0.2) is 0 Å². The lowest BCUT2D eigenvalue weighted by Gasteiger charge is -2.43. The summed E-state index contributed by atoms with van der Waals surface area (Å²) in [5.41, 5.74) is 0. The summed E-state index contributed by atoms with van der Waals surface area (Å²) in [4.78, 5) is 29.2. The maximum Gasteiger partial charge on any atom is 0.308 e. The topological polar surface area (TPSA) is 74.3 Å². The molecule has 7 nitrogen and oxygen atoms in total. The Morgan fingerprint density at radius 1 is 0.472 bits per heavy atom. The fourth-order valence-electron chi connectivity index (χ4n) is 11.9. The van der Waals surface area contributed by atoms with E-state index in [1.54, 1.807) is 0 Å². The second-order valence-corrected chi connectivity index (χ2v) is 27.6. The molecule has 2 fully saturated rings. The van der Waals surface area contributed by atoms with Gasteiger partial charge in [-0.15, -0.1) is 0 Å². The highest BCUT2D eigenvalue weighted by Gasteiger charge is 2.50. The average molecular weight is 1020 g/mol. The molecule has 0 unspecified atom stereocenters. The zero-order valence-electron chi connectivity index (χ0n) is 47.1. The van der Waals surface area contributed by atoms with Gasteiger partial charge in [0.25, 0.3) is 8.32 Å². The minimum absolute atomic E-state index is 0.0574. The Balaban J connectivity index is 1.24. The van der Waals surface area contributed by atoms with E-state index in [1.807, 2.05) is 0 Å². The fourth-order valence-corrected chi connectivity index (χ4v) is 16.4. The van der Waals surface area contributed by atoms with E-state index >= 15 is 0 Å². The molecular weight excluding hydrogens is 907 g/mol. The molecule has 0 saturated heterocycles. The van der Waals surface area contributed by atoms with Crippen LogP contribution in [0.25, 0.3) is 0 Å². The normalized spacial score (nSPS) is 18.1. The molecule has 0 atom stereocenters. The van der Waals surface area contributed by atoms with Crippen molar-refractivity contribution in [2.45, 2.75) is 263 Å². The quantitative estimate of drug-likeness (QED) is 0.0589. The molecule has 8 heteroatoms. The maximum atomic E-state index is 13.4. The van der Waals surface area contributed by atoms with Crippen molar-refractivity contribution in [3.63, 3.8) is 0 Å². The molecule has 72 heavy (non-hydrogen) atoms. The first-order valence-corrected chi connectivity index (χ1v) is 32.5. The Labute approximate surface area is 443 Å². The zero-order valence-corrected chi connectivity index (χ0v) is 48.1. The molecule has 0 heterocycles. The molecule has 0 N–H and O–H groups in total. The average Bonchev–Trinajstić information content (AvgIpc) is 3.40. The van der Waals surface area contributed by atoms with Crippen LogP contribution in [0, 0.1) is 11.8 Å². The van der Waals surface area contributed by atoms with Crippen molar-refractivity contribution >= 4 is 30.6 Å². The Hall–Kier alpha value is -2.52. The third kappa shape index (κ3) is 25.3. The number of benzene rings is 2. The number of ether oxygens (including phenoxy) is 3. The molecule has 0 amide bonds. The molecule has 2 saturated carbocycles. The summed E-state index contributed by atoms with van der Waals surface area (Å²) in [5.74, 6) is 0.263. The number of nitrogens with zero attached hydrogens (tertiary/aromatic N) is 1. The van der Waals surface area contributed by atoms with Crippen molar-refractivity contribution in [2.24, 2.45) is 11.8 Å². The van der Waals surface area contributed by atoms with Gasteiger partial charge in [-0.2, -0.15) is 0 Å². The predicted molar refractivity (Wildman–Crippen MR) is 306 cm³/mol. The Morgan fingerprint density at radius 3 is 1.17 bits per heavy atom. The Bertz CT molecular complexity index is 1490. The van der Waals surface area contributed by atoms with Crippen LogP contribution in [0.1, 0.15) is 252 Å². The van der Waals surface area contributed by atoms with E-state index in [1.165, 1.54) is 139 Å². The van der Waals surface area contributed by atoms with Crippen LogP contribution in [0.15, 0.2) is 60.7 Å². The first-order valence-electron chi connectivity index (χ1n) is 30.6. The summed E-state index contributed by atoms with van der Waals surface area (Å²) < 4.78 is 25.5. The van der Waals surface area contributed by atoms with Gasteiger partial charge in [0.15, 0.2) is 0 Å². The maximum absolute atomic E-state index is 13.4. The van der Waals surface area contributed by atoms with Crippen LogP contribution in [0.2, 0.25) is 5.04 Å². The van der Waals surface area contributed by atoms with Gasteiger partial charge in [-0.3, -0.25) is 9.59 Å². The number of hydrogen-bond donors (Lipinski definition) is 0. The summed E-state index contributed by atoms with van der Waals surface area (Å²) in [5, 5.41) is 2.52. The fraction of sp³-hybridized carbons (Fsp3) is 0.781. The highest BCUT2D eigenvalue weighted by atomic mass is 28.4. The molecule has 0 spiro atoms. The van der Waals surface area contributed by atoms with E-state index in [2.05, 4.69) is 93.4 Å². The van der Waals surface area contributed by atoms with Crippen molar-refractivity contribution in [3.8, 4) is 0 Å². The van der Waals surface area contributed by atoms with Crippen molar-refractivity contribution < 1.29 is 28.2 Å². The van der Waals surface area contributed by atoms with Gasteiger partial charge in [-0.05, 0) is 73.8 Å². The van der Waals surface area contributed by atoms with Gasteiger partial charge in [0, 0.05) is 12.6 Å². The van der Waals surface area contributed by atoms with Crippen LogP contribution in [-0.4, -0.2) is 77.8 Å². The van der Waals surface area contributed by atoms with Gasteiger partial charge >= 0.3 is 11.9 Å². The molecule has 0 aromatic heterocycles. The predicted octanol–water partition coefficient (Wildman–Crippen LogP) is 16.3. The number of likely N-dealkylation sites (N-methyl/N-ethyl adjacent to an activating group) is 1. The highest BCUT2D eigenvalue weighted by molar-refractivity contribution is 6.99. The Kier molecular flexibility index (Phi) is 33.5. The number of carbonyl (C=O) groups excluding carboxylic acids is 2. The summed E-state index contributed by atoms with van der Waals surface area (Å²) >= 11 is 0. The summed E-state index contributed by atoms with van der Waals surface area (Å²) in [6.45, 7) is 10.7. The van der Waals surface area contributed by atoms with E-state index < -0.39 is 8.32 Å². The van der Waals surface area contributed by atoms with E-state index in [4.69, 9.17) is 18.6 Å². The molecule has 0 bridgehead atoms. The molecule has 0 aliphatic heterocycles. The van der Waals surface area contributed by atoms with E-state index in [-0.39, 0.29) is 28.8 Å². The van der Waals surface area contributed by atoms with Crippen molar-refractivity contribution in [1.29, 1.82) is 0 Å². The lowest BCUT2D eigenvalue weighted by atomic mass is 9.94. The first kappa shape index (κ1) is 62.0. The summed E-state index contributed by atoms with van der Waals surface area (Å²) in [6, 6.07) is 22.2. The van der Waals surface area contributed by atoms with E-state index in [0.29, 0.717) is 39.1 Å². The SMILES string of the molecule is CN(CCOCCO[Si](c1ccccc1)(c1ccccc1)C(C)(C)C)C(CCCCCOC(=O)C1CCCCCCCCCCCCCC1)CCCCCOC(=O)C1CCCCCCCCCCCCCC1. The van der Waals surface area contributed by atoms with Crippen LogP contribution >= 0.6 is 0 Å². The third-order valence-electron chi connectivity index (χ3n) is 16.4. The smallest absolute Gasteiger partial charge is 0.308 e. The molecule has 410 valence electrons. The molecule has 0 radical (unpaired) electrons. The van der Waals surface area contributed by atoms with Crippen LogP contribution in [0.5, 0.6) is 0 Å². The van der Waals surface area contributed by atoms with Crippen molar-refractivity contribution in [3.05, 3.63) is 60.7 Å².